The number of ether oxygens (including phenoxy) is 1. The highest BCUT2D eigenvalue weighted by Crippen LogP contribution is 2.42. The van der Waals surface area contributed by atoms with Crippen LogP contribution < -0.4 is 4.74 Å². The molecule has 4 heterocycles. The van der Waals surface area contributed by atoms with Gasteiger partial charge >= 0.3 is 0 Å². The lowest BCUT2D eigenvalue weighted by Crippen LogP contribution is -2.54. The average Bonchev–Trinajstić information content (AvgIpc) is 2.88. The first kappa shape index (κ1) is 22.2. The van der Waals surface area contributed by atoms with Crippen molar-refractivity contribution < 1.29 is 14.6 Å². The van der Waals surface area contributed by atoms with Crippen LogP contribution in [0.1, 0.15) is 34.9 Å². The third-order valence-electron chi connectivity index (χ3n) is 6.76. The summed E-state index contributed by atoms with van der Waals surface area (Å²) in [5, 5.41) is 12.1. The number of aromatic nitrogens is 1. The van der Waals surface area contributed by atoms with Gasteiger partial charge in [-0.25, -0.2) is 0 Å². The van der Waals surface area contributed by atoms with E-state index in [9.17, 15) is 9.90 Å². The average molecular weight is 431 g/mol. The number of rotatable bonds is 5. The Morgan fingerprint density at radius 2 is 2.03 bits per heavy atom. The Morgan fingerprint density at radius 1 is 1.22 bits per heavy atom. The van der Waals surface area contributed by atoms with E-state index in [2.05, 4.69) is 22.5 Å². The number of benzene rings is 2. The SMILES string of the molecule is C=CC1CN2CCC1C[C@H]2[C@H](O)c1ccnc2ccc(OC)cc12.O=Cc1ccccc1. The minimum Gasteiger partial charge on any atom is -0.497 e. The first-order chi connectivity index (χ1) is 15.6. The first-order valence-corrected chi connectivity index (χ1v) is 11.1. The van der Waals surface area contributed by atoms with E-state index < -0.39 is 6.10 Å². The highest BCUT2D eigenvalue weighted by atomic mass is 16.5. The Kier molecular flexibility index (Phi) is 6.98. The van der Waals surface area contributed by atoms with Crippen LogP contribution in [0.3, 0.4) is 0 Å². The number of aliphatic hydroxyl groups is 1. The number of carbonyl (C=O) groups excluding carboxylic acids is 1. The molecule has 3 aliphatic rings. The van der Waals surface area contributed by atoms with Crippen LogP contribution in [0.25, 0.3) is 10.9 Å². The maximum atomic E-state index is 11.2. The fourth-order valence-corrected chi connectivity index (χ4v) is 4.98. The van der Waals surface area contributed by atoms with E-state index in [1.54, 1.807) is 25.4 Å². The van der Waals surface area contributed by atoms with Crippen LogP contribution in [0.5, 0.6) is 5.75 Å². The molecule has 0 aliphatic carbocycles. The molecule has 3 saturated heterocycles. The summed E-state index contributed by atoms with van der Waals surface area (Å²) in [6, 6.07) is 17.1. The molecule has 0 radical (unpaired) electrons. The van der Waals surface area contributed by atoms with E-state index in [0.29, 0.717) is 11.8 Å². The lowest BCUT2D eigenvalue weighted by molar-refractivity contribution is -0.0444. The summed E-state index contributed by atoms with van der Waals surface area (Å²) >= 11 is 0. The van der Waals surface area contributed by atoms with Gasteiger partial charge in [0.25, 0.3) is 0 Å². The second-order valence-electron chi connectivity index (χ2n) is 8.50. The zero-order valence-corrected chi connectivity index (χ0v) is 18.4. The molecule has 0 amide bonds. The number of hydrogen-bond acceptors (Lipinski definition) is 5. The molecule has 0 saturated carbocycles. The molecule has 0 spiro atoms. The van der Waals surface area contributed by atoms with Gasteiger partial charge < -0.3 is 9.84 Å². The van der Waals surface area contributed by atoms with Crippen molar-refractivity contribution in [3.63, 3.8) is 0 Å². The molecule has 3 aromatic rings. The molecule has 3 aliphatic heterocycles. The molecule has 1 aromatic heterocycles. The molecule has 5 nitrogen and oxygen atoms in total. The van der Waals surface area contributed by atoms with Gasteiger partial charge in [0.15, 0.2) is 0 Å². The maximum Gasteiger partial charge on any atom is 0.150 e. The second kappa shape index (κ2) is 10.1. The predicted octanol–water partition coefficient (Wildman–Crippen LogP) is 4.67. The van der Waals surface area contributed by atoms with Crippen LogP contribution >= 0.6 is 0 Å². The van der Waals surface area contributed by atoms with E-state index in [1.165, 1.54) is 6.42 Å². The number of pyridine rings is 1. The largest absolute Gasteiger partial charge is 0.497 e. The number of nitrogens with zero attached hydrogens (tertiary/aromatic N) is 2. The Hall–Kier alpha value is -3.02. The summed E-state index contributed by atoms with van der Waals surface area (Å²) < 4.78 is 5.35. The van der Waals surface area contributed by atoms with Crippen molar-refractivity contribution in [1.29, 1.82) is 0 Å². The molecule has 3 unspecified atom stereocenters. The fraction of sp³-hybridized carbons (Fsp3) is 0.333. The fourth-order valence-electron chi connectivity index (χ4n) is 4.98. The molecule has 3 fully saturated rings. The molecular formula is C27H30N2O3. The van der Waals surface area contributed by atoms with Crippen LogP contribution in [-0.2, 0) is 0 Å². The number of carbonyl (C=O) groups is 1. The Balaban J connectivity index is 0.000000260. The van der Waals surface area contributed by atoms with Gasteiger partial charge in [-0.15, -0.1) is 6.58 Å². The van der Waals surface area contributed by atoms with Gasteiger partial charge in [0.05, 0.1) is 18.7 Å². The molecular weight excluding hydrogens is 400 g/mol. The third-order valence-corrected chi connectivity index (χ3v) is 6.76. The third kappa shape index (κ3) is 4.59. The zero-order chi connectivity index (χ0) is 22.5. The van der Waals surface area contributed by atoms with Crippen molar-refractivity contribution in [3.05, 3.63) is 84.6 Å². The van der Waals surface area contributed by atoms with Gasteiger partial charge in [0, 0.05) is 29.7 Å². The van der Waals surface area contributed by atoms with E-state index in [0.717, 1.165) is 53.6 Å². The standard InChI is InChI=1S/C20H24N2O2.C7H6O/c1-3-13-12-22-9-7-14(13)10-19(22)20(23)16-6-8-21-18-5-4-15(24-2)11-17(16)18;8-6-7-4-2-1-3-5-7/h3-6,8,11,13-14,19-20,23H,1,7,9-10,12H2,2H3;1-6H/t13?,14?,19-,20+;/m0./s1. The van der Waals surface area contributed by atoms with Gasteiger partial charge in [-0.2, -0.15) is 0 Å². The molecule has 166 valence electrons. The van der Waals surface area contributed by atoms with Crippen LogP contribution in [0, 0.1) is 11.8 Å². The summed E-state index contributed by atoms with van der Waals surface area (Å²) in [5.74, 6) is 2.01. The maximum absolute atomic E-state index is 11.2. The van der Waals surface area contributed by atoms with E-state index in [4.69, 9.17) is 4.74 Å². The number of fused-ring (bicyclic) bond motifs is 4. The Morgan fingerprint density at radius 3 is 2.66 bits per heavy atom. The summed E-state index contributed by atoms with van der Waals surface area (Å²) in [7, 11) is 1.66. The summed E-state index contributed by atoms with van der Waals surface area (Å²) in [4.78, 5) is 16.9. The Bertz CT molecular complexity index is 1070. The molecule has 32 heavy (non-hydrogen) atoms. The monoisotopic (exact) mass is 430 g/mol. The number of piperidine rings is 3. The van der Waals surface area contributed by atoms with Crippen molar-refractivity contribution in [1.82, 2.24) is 9.88 Å². The topological polar surface area (TPSA) is 62.7 Å². The summed E-state index contributed by atoms with van der Waals surface area (Å²) in [5.41, 5.74) is 2.58. The predicted molar refractivity (Wildman–Crippen MR) is 127 cm³/mol. The normalized spacial score (nSPS) is 24.8. The number of aldehydes is 1. The molecule has 5 heteroatoms. The van der Waals surface area contributed by atoms with Crippen LogP contribution in [0.2, 0.25) is 0 Å². The van der Waals surface area contributed by atoms with E-state index >= 15 is 0 Å². The minimum atomic E-state index is -0.504. The van der Waals surface area contributed by atoms with Gasteiger partial charge in [0.2, 0.25) is 0 Å². The quantitative estimate of drug-likeness (QED) is 0.471. The van der Waals surface area contributed by atoms with Gasteiger partial charge in [-0.3, -0.25) is 14.7 Å². The van der Waals surface area contributed by atoms with Crippen molar-refractivity contribution in [3.8, 4) is 5.75 Å². The van der Waals surface area contributed by atoms with Crippen LogP contribution in [-0.4, -0.2) is 47.5 Å². The number of methoxy groups -OCH3 is 1. The second-order valence-corrected chi connectivity index (χ2v) is 8.50. The highest BCUT2D eigenvalue weighted by Gasteiger charge is 2.42. The van der Waals surface area contributed by atoms with Crippen molar-refractivity contribution in [2.24, 2.45) is 11.8 Å². The first-order valence-electron chi connectivity index (χ1n) is 11.1. The summed E-state index contributed by atoms with van der Waals surface area (Å²) in [6.07, 6.45) is 6.45. The van der Waals surface area contributed by atoms with E-state index in [-0.39, 0.29) is 6.04 Å². The van der Waals surface area contributed by atoms with Crippen molar-refractivity contribution in [2.45, 2.75) is 25.0 Å². The van der Waals surface area contributed by atoms with E-state index in [1.807, 2.05) is 42.5 Å². The van der Waals surface area contributed by atoms with Gasteiger partial charge in [-0.1, -0.05) is 36.4 Å². The van der Waals surface area contributed by atoms with Crippen molar-refractivity contribution in [2.75, 3.05) is 20.2 Å². The van der Waals surface area contributed by atoms with Crippen LogP contribution in [0.4, 0.5) is 0 Å². The Labute approximate surface area is 189 Å². The zero-order valence-electron chi connectivity index (χ0n) is 18.4. The molecule has 1 N–H and O–H groups in total. The lowest BCUT2D eigenvalue weighted by atomic mass is 9.73. The van der Waals surface area contributed by atoms with Gasteiger partial charge in [-0.05, 0) is 61.1 Å². The number of hydrogen-bond donors (Lipinski definition) is 1. The minimum absolute atomic E-state index is 0.178. The highest BCUT2D eigenvalue weighted by molar-refractivity contribution is 5.84. The van der Waals surface area contributed by atoms with Crippen LogP contribution in [0.15, 0.2) is 73.4 Å². The lowest BCUT2D eigenvalue weighted by Gasteiger charge is -2.50. The molecule has 2 bridgehead atoms. The van der Waals surface area contributed by atoms with Gasteiger partial charge in [0.1, 0.15) is 12.0 Å². The molecule has 2 aromatic carbocycles. The molecule has 6 rings (SSSR count). The number of aliphatic hydroxyl groups excluding tert-OH is 1. The smallest absolute Gasteiger partial charge is 0.150 e. The molecule has 5 atom stereocenters. The summed E-state index contributed by atoms with van der Waals surface area (Å²) in [6.45, 7) is 6.07. The van der Waals surface area contributed by atoms with Crippen molar-refractivity contribution >= 4 is 17.2 Å².